The summed E-state index contributed by atoms with van der Waals surface area (Å²) >= 11 is 3.30. The molecule has 23 heavy (non-hydrogen) atoms. The Morgan fingerprint density at radius 1 is 1.17 bits per heavy atom. The summed E-state index contributed by atoms with van der Waals surface area (Å²) in [5.74, 6) is 0.237. The van der Waals surface area contributed by atoms with Crippen molar-refractivity contribution in [3.8, 4) is 5.75 Å². The average molecular weight is 382 g/mol. The van der Waals surface area contributed by atoms with Gasteiger partial charge in [-0.3, -0.25) is 0 Å². The molecule has 0 aliphatic carbocycles. The number of aromatic hydroxyl groups is 1. The normalized spacial score (nSPS) is 11.3. The molecule has 7 heteroatoms. The Morgan fingerprint density at radius 2 is 1.91 bits per heavy atom. The van der Waals surface area contributed by atoms with Gasteiger partial charge < -0.3 is 20.8 Å². The molecule has 0 heterocycles. The molecule has 122 valence electrons. The molecule has 0 aromatic heterocycles. The highest BCUT2D eigenvalue weighted by Gasteiger charge is 2.04. The second-order valence-corrected chi connectivity index (χ2v) is 5.64. The van der Waals surface area contributed by atoms with Crippen LogP contribution in [0, 0.1) is 5.82 Å². The van der Waals surface area contributed by atoms with Crippen LogP contribution in [-0.2, 0) is 6.54 Å². The van der Waals surface area contributed by atoms with Crippen molar-refractivity contribution in [3.63, 3.8) is 0 Å². The monoisotopic (exact) mass is 381 g/mol. The van der Waals surface area contributed by atoms with Gasteiger partial charge >= 0.3 is 0 Å². The SMILES string of the molecule is OCCNC(=NCc1cc(Br)ccc1F)Nc1ccc(O)cc1. The van der Waals surface area contributed by atoms with Gasteiger partial charge in [0.1, 0.15) is 11.6 Å². The Labute approximate surface area is 142 Å². The molecular formula is C16H17BrFN3O2. The summed E-state index contributed by atoms with van der Waals surface area (Å²) in [5.41, 5.74) is 1.16. The zero-order valence-electron chi connectivity index (χ0n) is 12.3. The molecular weight excluding hydrogens is 365 g/mol. The Balaban J connectivity index is 2.13. The van der Waals surface area contributed by atoms with Gasteiger partial charge in [0, 0.05) is 22.3 Å². The molecule has 0 spiro atoms. The number of rotatable bonds is 5. The number of aliphatic imine (C=N–C) groups is 1. The number of benzene rings is 2. The van der Waals surface area contributed by atoms with Gasteiger partial charge in [-0.1, -0.05) is 15.9 Å². The minimum Gasteiger partial charge on any atom is -0.508 e. The predicted octanol–water partition coefficient (Wildman–Crippen LogP) is 2.84. The minimum atomic E-state index is -0.330. The smallest absolute Gasteiger partial charge is 0.196 e. The maximum atomic E-state index is 13.7. The van der Waals surface area contributed by atoms with Gasteiger partial charge in [0.15, 0.2) is 5.96 Å². The number of halogens is 2. The van der Waals surface area contributed by atoms with E-state index in [0.29, 0.717) is 23.8 Å². The van der Waals surface area contributed by atoms with E-state index in [1.54, 1.807) is 36.4 Å². The minimum absolute atomic E-state index is 0.0540. The number of anilines is 1. The summed E-state index contributed by atoms with van der Waals surface area (Å²) in [6, 6.07) is 11.1. The van der Waals surface area contributed by atoms with Crippen molar-refractivity contribution >= 4 is 27.6 Å². The molecule has 4 N–H and O–H groups in total. The van der Waals surface area contributed by atoms with E-state index in [-0.39, 0.29) is 24.7 Å². The first kappa shape index (κ1) is 17.2. The van der Waals surface area contributed by atoms with Gasteiger partial charge in [-0.25, -0.2) is 9.38 Å². The Hall–Kier alpha value is -2.12. The molecule has 0 amide bonds. The van der Waals surface area contributed by atoms with Crippen LogP contribution in [0.25, 0.3) is 0 Å². The van der Waals surface area contributed by atoms with Crippen LogP contribution in [0.15, 0.2) is 51.9 Å². The number of hydrogen-bond donors (Lipinski definition) is 4. The van der Waals surface area contributed by atoms with Crippen molar-refractivity contribution in [2.45, 2.75) is 6.54 Å². The van der Waals surface area contributed by atoms with Crippen molar-refractivity contribution in [3.05, 3.63) is 58.3 Å². The summed E-state index contributed by atoms with van der Waals surface area (Å²) in [6.07, 6.45) is 0. The van der Waals surface area contributed by atoms with Gasteiger partial charge in [-0.15, -0.1) is 0 Å². The zero-order chi connectivity index (χ0) is 16.7. The van der Waals surface area contributed by atoms with E-state index in [4.69, 9.17) is 5.11 Å². The molecule has 2 rings (SSSR count). The Kier molecular flexibility index (Phi) is 6.37. The largest absolute Gasteiger partial charge is 0.508 e. The molecule has 0 aliphatic heterocycles. The van der Waals surface area contributed by atoms with Crippen LogP contribution in [0.1, 0.15) is 5.56 Å². The highest BCUT2D eigenvalue weighted by atomic mass is 79.9. The first-order chi connectivity index (χ1) is 11.1. The van der Waals surface area contributed by atoms with Crippen LogP contribution >= 0.6 is 15.9 Å². The van der Waals surface area contributed by atoms with Crippen LogP contribution in [0.3, 0.4) is 0 Å². The molecule has 0 bridgehead atoms. The topological polar surface area (TPSA) is 76.9 Å². The maximum Gasteiger partial charge on any atom is 0.196 e. The fraction of sp³-hybridized carbons (Fsp3) is 0.188. The molecule has 0 radical (unpaired) electrons. The summed E-state index contributed by atoms with van der Waals surface area (Å²) in [5, 5.41) is 24.2. The molecule has 0 saturated heterocycles. The molecule has 0 unspecified atom stereocenters. The van der Waals surface area contributed by atoms with Crippen LogP contribution in [-0.4, -0.2) is 29.3 Å². The van der Waals surface area contributed by atoms with Crippen molar-refractivity contribution in [1.29, 1.82) is 0 Å². The maximum absolute atomic E-state index is 13.7. The highest BCUT2D eigenvalue weighted by molar-refractivity contribution is 9.10. The highest BCUT2D eigenvalue weighted by Crippen LogP contribution is 2.17. The number of guanidine groups is 1. The molecule has 0 atom stereocenters. The van der Waals surface area contributed by atoms with E-state index in [2.05, 4.69) is 31.6 Å². The van der Waals surface area contributed by atoms with Crippen LogP contribution in [0.2, 0.25) is 0 Å². The molecule has 0 aliphatic rings. The predicted molar refractivity (Wildman–Crippen MR) is 92.1 cm³/mol. The lowest BCUT2D eigenvalue weighted by molar-refractivity contribution is 0.300. The van der Waals surface area contributed by atoms with Crippen LogP contribution < -0.4 is 10.6 Å². The lowest BCUT2D eigenvalue weighted by Gasteiger charge is -2.12. The van der Waals surface area contributed by atoms with E-state index in [0.717, 1.165) is 4.47 Å². The number of hydrogen-bond acceptors (Lipinski definition) is 3. The molecule has 2 aromatic carbocycles. The van der Waals surface area contributed by atoms with Crippen molar-refractivity contribution < 1.29 is 14.6 Å². The van der Waals surface area contributed by atoms with Gasteiger partial charge in [0.25, 0.3) is 0 Å². The Morgan fingerprint density at radius 3 is 2.61 bits per heavy atom. The number of phenols is 1. The van der Waals surface area contributed by atoms with Crippen LogP contribution in [0.5, 0.6) is 5.75 Å². The summed E-state index contributed by atoms with van der Waals surface area (Å²) < 4.78 is 14.5. The number of nitrogens with one attached hydrogen (secondary N) is 2. The van der Waals surface area contributed by atoms with E-state index in [1.165, 1.54) is 6.07 Å². The van der Waals surface area contributed by atoms with E-state index >= 15 is 0 Å². The average Bonchev–Trinajstić information content (AvgIpc) is 2.55. The third-order valence-electron chi connectivity index (χ3n) is 2.95. The molecule has 5 nitrogen and oxygen atoms in total. The van der Waals surface area contributed by atoms with E-state index in [1.807, 2.05) is 0 Å². The fourth-order valence-corrected chi connectivity index (χ4v) is 2.23. The summed E-state index contributed by atoms with van der Waals surface area (Å²) in [7, 11) is 0. The van der Waals surface area contributed by atoms with Crippen molar-refractivity contribution in [1.82, 2.24) is 5.32 Å². The number of aliphatic hydroxyl groups is 1. The first-order valence-electron chi connectivity index (χ1n) is 6.97. The standard InChI is InChI=1S/C16H17BrFN3O2/c17-12-1-6-15(18)11(9-12)10-20-16(19-7-8-22)21-13-2-4-14(23)5-3-13/h1-6,9,22-23H,7-8,10H2,(H2,19,20,21). The number of nitrogens with zero attached hydrogens (tertiary/aromatic N) is 1. The summed E-state index contributed by atoms with van der Waals surface area (Å²) in [6.45, 7) is 0.399. The Bertz CT molecular complexity index is 678. The zero-order valence-corrected chi connectivity index (χ0v) is 13.8. The number of aliphatic hydroxyl groups excluding tert-OH is 1. The van der Waals surface area contributed by atoms with Gasteiger partial charge in [0.05, 0.1) is 13.2 Å². The third-order valence-corrected chi connectivity index (χ3v) is 3.44. The number of phenolic OH excluding ortho intramolecular Hbond substituents is 1. The first-order valence-corrected chi connectivity index (χ1v) is 7.77. The second kappa shape index (κ2) is 8.50. The van der Waals surface area contributed by atoms with Gasteiger partial charge in [-0.05, 0) is 42.5 Å². The van der Waals surface area contributed by atoms with E-state index < -0.39 is 0 Å². The quantitative estimate of drug-likeness (QED) is 0.365. The van der Waals surface area contributed by atoms with Crippen LogP contribution in [0.4, 0.5) is 10.1 Å². The van der Waals surface area contributed by atoms with Crippen molar-refractivity contribution in [2.24, 2.45) is 4.99 Å². The molecule has 2 aromatic rings. The lowest BCUT2D eigenvalue weighted by atomic mass is 10.2. The van der Waals surface area contributed by atoms with Gasteiger partial charge in [0.2, 0.25) is 0 Å². The second-order valence-electron chi connectivity index (χ2n) is 4.72. The fourth-order valence-electron chi connectivity index (χ4n) is 1.82. The third kappa shape index (κ3) is 5.54. The van der Waals surface area contributed by atoms with Crippen molar-refractivity contribution in [2.75, 3.05) is 18.5 Å². The summed E-state index contributed by atoms with van der Waals surface area (Å²) in [4.78, 5) is 4.31. The molecule has 0 saturated carbocycles. The van der Waals surface area contributed by atoms with E-state index in [9.17, 15) is 9.50 Å². The molecule has 0 fully saturated rings. The van der Waals surface area contributed by atoms with Gasteiger partial charge in [-0.2, -0.15) is 0 Å². The lowest BCUT2D eigenvalue weighted by Crippen LogP contribution is -2.33.